The highest BCUT2D eigenvalue weighted by atomic mass is 32.2. The highest BCUT2D eigenvalue weighted by Gasteiger charge is 2.25. The lowest BCUT2D eigenvalue weighted by atomic mass is 10.1. The van der Waals surface area contributed by atoms with Crippen LogP contribution in [-0.4, -0.2) is 18.7 Å². The first kappa shape index (κ1) is 15.9. The van der Waals surface area contributed by atoms with Gasteiger partial charge < -0.3 is 5.73 Å². The standard InChI is InChI=1S/C15H18N2O2S2/c1-2-14(15(16)20)21(18,19)17-10-12-8-5-7-11-6-3-4-9-13(11)12/h3-9,14,17H,2,10H2,1H3,(H2,16,20). The minimum absolute atomic E-state index is 0.00270. The van der Waals surface area contributed by atoms with Crippen LogP contribution in [0.15, 0.2) is 42.5 Å². The number of nitrogens with one attached hydrogen (secondary N) is 1. The van der Waals surface area contributed by atoms with Gasteiger partial charge in [-0.25, -0.2) is 13.1 Å². The number of fused-ring (bicyclic) bond motifs is 1. The van der Waals surface area contributed by atoms with E-state index >= 15 is 0 Å². The van der Waals surface area contributed by atoms with Gasteiger partial charge >= 0.3 is 0 Å². The van der Waals surface area contributed by atoms with Crippen molar-refractivity contribution in [3.63, 3.8) is 0 Å². The summed E-state index contributed by atoms with van der Waals surface area (Å²) < 4.78 is 27.1. The van der Waals surface area contributed by atoms with Gasteiger partial charge in [-0.05, 0) is 22.8 Å². The predicted octanol–water partition coefficient (Wildman–Crippen LogP) is 2.32. The first-order valence-corrected chi connectivity index (χ1v) is 8.65. The molecule has 0 radical (unpaired) electrons. The van der Waals surface area contributed by atoms with Crippen LogP contribution in [0.3, 0.4) is 0 Å². The molecule has 1 atom stereocenters. The molecule has 2 rings (SSSR count). The third kappa shape index (κ3) is 3.58. The maximum atomic E-state index is 12.2. The fourth-order valence-electron chi connectivity index (χ4n) is 2.30. The molecule has 0 aliphatic heterocycles. The maximum absolute atomic E-state index is 12.2. The Kier molecular flexibility index (Phi) is 4.92. The van der Waals surface area contributed by atoms with Crippen LogP contribution >= 0.6 is 12.2 Å². The molecule has 6 heteroatoms. The molecule has 0 saturated heterocycles. The van der Waals surface area contributed by atoms with Crippen LogP contribution in [0, 0.1) is 0 Å². The fraction of sp³-hybridized carbons (Fsp3) is 0.267. The second-order valence-corrected chi connectivity index (χ2v) is 7.22. The molecule has 0 spiro atoms. The fourth-order valence-corrected chi connectivity index (χ4v) is 4.15. The minimum Gasteiger partial charge on any atom is -0.392 e. The molecule has 0 bridgehead atoms. The van der Waals surface area contributed by atoms with E-state index in [0.29, 0.717) is 6.42 Å². The highest BCUT2D eigenvalue weighted by molar-refractivity contribution is 7.93. The molecule has 21 heavy (non-hydrogen) atoms. The zero-order chi connectivity index (χ0) is 15.5. The lowest BCUT2D eigenvalue weighted by Gasteiger charge is -2.15. The van der Waals surface area contributed by atoms with Crippen LogP contribution in [0.25, 0.3) is 10.8 Å². The Morgan fingerprint density at radius 1 is 1.24 bits per heavy atom. The topological polar surface area (TPSA) is 72.2 Å². The van der Waals surface area contributed by atoms with Gasteiger partial charge in [0.25, 0.3) is 0 Å². The molecular formula is C15H18N2O2S2. The minimum atomic E-state index is -3.55. The van der Waals surface area contributed by atoms with E-state index in [4.69, 9.17) is 18.0 Å². The molecular weight excluding hydrogens is 304 g/mol. The number of nitrogens with two attached hydrogens (primary N) is 1. The van der Waals surface area contributed by atoms with E-state index in [-0.39, 0.29) is 11.5 Å². The van der Waals surface area contributed by atoms with Gasteiger partial charge in [-0.2, -0.15) is 0 Å². The largest absolute Gasteiger partial charge is 0.392 e. The molecule has 0 aromatic heterocycles. The van der Waals surface area contributed by atoms with Gasteiger partial charge in [-0.1, -0.05) is 61.6 Å². The first-order chi connectivity index (χ1) is 9.95. The Hall–Kier alpha value is -1.50. The first-order valence-electron chi connectivity index (χ1n) is 6.70. The van der Waals surface area contributed by atoms with E-state index in [1.807, 2.05) is 42.5 Å². The number of hydrogen-bond donors (Lipinski definition) is 2. The second kappa shape index (κ2) is 6.51. The Labute approximate surface area is 130 Å². The van der Waals surface area contributed by atoms with Gasteiger partial charge in [0.1, 0.15) is 5.25 Å². The van der Waals surface area contributed by atoms with Crippen molar-refractivity contribution in [2.45, 2.75) is 25.1 Å². The summed E-state index contributed by atoms with van der Waals surface area (Å²) in [5, 5.41) is 1.28. The van der Waals surface area contributed by atoms with Crippen LogP contribution in [0.5, 0.6) is 0 Å². The highest BCUT2D eigenvalue weighted by Crippen LogP contribution is 2.18. The van der Waals surface area contributed by atoms with E-state index in [9.17, 15) is 8.42 Å². The molecule has 2 aromatic rings. The molecule has 0 fully saturated rings. The lowest BCUT2D eigenvalue weighted by molar-refractivity contribution is 0.574. The van der Waals surface area contributed by atoms with Crippen LogP contribution in [0.1, 0.15) is 18.9 Å². The summed E-state index contributed by atoms with van der Waals surface area (Å²) in [4.78, 5) is 0.00270. The molecule has 1 unspecified atom stereocenters. The van der Waals surface area contributed by atoms with E-state index in [1.165, 1.54) is 0 Å². The molecule has 0 saturated carbocycles. The molecule has 0 aliphatic carbocycles. The summed E-state index contributed by atoms with van der Waals surface area (Å²) in [6, 6.07) is 13.7. The van der Waals surface area contributed by atoms with E-state index in [2.05, 4.69) is 4.72 Å². The number of thiocarbonyl (C=S) groups is 1. The van der Waals surface area contributed by atoms with E-state index < -0.39 is 15.3 Å². The monoisotopic (exact) mass is 322 g/mol. The Bertz CT molecular complexity index is 752. The van der Waals surface area contributed by atoms with Gasteiger partial charge in [0.05, 0.1) is 4.99 Å². The second-order valence-electron chi connectivity index (χ2n) is 4.80. The van der Waals surface area contributed by atoms with Crippen molar-refractivity contribution >= 4 is 38.0 Å². The van der Waals surface area contributed by atoms with Crippen LogP contribution in [-0.2, 0) is 16.6 Å². The molecule has 112 valence electrons. The molecule has 4 nitrogen and oxygen atoms in total. The Morgan fingerprint density at radius 3 is 2.57 bits per heavy atom. The van der Waals surface area contributed by atoms with E-state index in [1.54, 1.807) is 6.92 Å². The molecule has 3 N–H and O–H groups in total. The smallest absolute Gasteiger partial charge is 0.221 e. The summed E-state index contributed by atoms with van der Waals surface area (Å²) in [5.41, 5.74) is 6.43. The zero-order valence-corrected chi connectivity index (χ0v) is 13.4. The van der Waals surface area contributed by atoms with Gasteiger partial charge in [-0.15, -0.1) is 0 Å². The average molecular weight is 322 g/mol. The summed E-state index contributed by atoms with van der Waals surface area (Å²) in [6.45, 7) is 1.98. The third-order valence-corrected chi connectivity index (χ3v) is 5.72. The average Bonchev–Trinajstić information content (AvgIpc) is 2.45. The SMILES string of the molecule is CCC(C(N)=S)S(=O)(=O)NCc1cccc2ccccc12. The van der Waals surface area contributed by atoms with Gasteiger partial charge in [0, 0.05) is 6.54 Å². The van der Waals surface area contributed by atoms with Crippen molar-refractivity contribution in [2.24, 2.45) is 5.73 Å². The number of benzene rings is 2. The van der Waals surface area contributed by atoms with E-state index in [0.717, 1.165) is 16.3 Å². The van der Waals surface area contributed by atoms with Crippen molar-refractivity contribution < 1.29 is 8.42 Å². The van der Waals surface area contributed by atoms with Gasteiger partial charge in [0.15, 0.2) is 0 Å². The summed E-state index contributed by atoms with van der Waals surface area (Å²) in [7, 11) is -3.55. The van der Waals surface area contributed by atoms with Gasteiger partial charge in [-0.3, -0.25) is 0 Å². The van der Waals surface area contributed by atoms with Gasteiger partial charge in [0.2, 0.25) is 10.0 Å². The zero-order valence-electron chi connectivity index (χ0n) is 11.7. The third-order valence-electron chi connectivity index (χ3n) is 3.41. The number of hydrogen-bond acceptors (Lipinski definition) is 3. The molecule has 2 aromatic carbocycles. The van der Waals surface area contributed by atoms with Crippen LogP contribution < -0.4 is 10.5 Å². The Morgan fingerprint density at radius 2 is 1.90 bits per heavy atom. The molecule has 0 amide bonds. The normalized spacial score (nSPS) is 13.2. The summed E-state index contributed by atoms with van der Waals surface area (Å²) >= 11 is 4.83. The summed E-state index contributed by atoms with van der Waals surface area (Å²) in [6.07, 6.45) is 0.361. The Balaban J connectivity index is 2.24. The molecule has 0 heterocycles. The number of sulfonamides is 1. The predicted molar refractivity (Wildman–Crippen MR) is 90.6 cm³/mol. The maximum Gasteiger partial charge on any atom is 0.221 e. The van der Waals surface area contributed by atoms with Crippen molar-refractivity contribution in [1.29, 1.82) is 0 Å². The van der Waals surface area contributed by atoms with Crippen LogP contribution in [0.2, 0.25) is 0 Å². The number of rotatable bonds is 6. The summed E-state index contributed by atoms with van der Waals surface area (Å²) in [5.74, 6) is 0. The quantitative estimate of drug-likeness (QED) is 0.801. The van der Waals surface area contributed by atoms with Crippen molar-refractivity contribution in [1.82, 2.24) is 4.72 Å². The lowest BCUT2D eigenvalue weighted by Crippen LogP contribution is -2.41. The van der Waals surface area contributed by atoms with Crippen LogP contribution in [0.4, 0.5) is 0 Å². The van der Waals surface area contributed by atoms with Crippen molar-refractivity contribution in [3.8, 4) is 0 Å². The molecule has 0 aliphatic rings. The van der Waals surface area contributed by atoms with Crippen molar-refractivity contribution in [2.75, 3.05) is 0 Å². The van der Waals surface area contributed by atoms with Crippen molar-refractivity contribution in [3.05, 3.63) is 48.0 Å².